The summed E-state index contributed by atoms with van der Waals surface area (Å²) in [6.45, 7) is 7.58. The van der Waals surface area contributed by atoms with Crippen LogP contribution < -0.4 is 10.9 Å². The van der Waals surface area contributed by atoms with Crippen LogP contribution in [0.3, 0.4) is 0 Å². The van der Waals surface area contributed by atoms with Crippen LogP contribution >= 0.6 is 0 Å². The van der Waals surface area contributed by atoms with Crippen LogP contribution in [0.2, 0.25) is 0 Å². The van der Waals surface area contributed by atoms with Crippen molar-refractivity contribution in [2.75, 3.05) is 13.1 Å². The molecule has 19 heavy (non-hydrogen) atoms. The first-order valence-corrected chi connectivity index (χ1v) is 6.57. The van der Waals surface area contributed by atoms with Gasteiger partial charge in [0.2, 0.25) is 0 Å². The van der Waals surface area contributed by atoms with Crippen molar-refractivity contribution in [2.24, 2.45) is 4.99 Å². The van der Waals surface area contributed by atoms with E-state index in [1.165, 1.54) is 19.3 Å². The molecule has 104 valence electrons. The van der Waals surface area contributed by atoms with E-state index in [4.69, 9.17) is 5.41 Å². The van der Waals surface area contributed by atoms with Gasteiger partial charge in [-0.2, -0.15) is 0 Å². The topological polar surface area (TPSA) is 63.5 Å². The Morgan fingerprint density at radius 3 is 2.68 bits per heavy atom. The number of nitrogens with zero attached hydrogens (tertiary/aromatic N) is 2. The molecule has 0 saturated carbocycles. The lowest BCUT2D eigenvalue weighted by Crippen LogP contribution is -2.36. The lowest BCUT2D eigenvalue weighted by atomic mass is 10.1. The minimum Gasteiger partial charge on any atom is -0.357 e. The van der Waals surface area contributed by atoms with E-state index in [0.717, 1.165) is 31.0 Å². The first kappa shape index (κ1) is 15.0. The van der Waals surface area contributed by atoms with Crippen LogP contribution in [0, 0.1) is 5.41 Å². The second-order valence-electron chi connectivity index (χ2n) is 4.36. The number of hydrogen-bond donors (Lipinski definition) is 3. The fourth-order valence-electron chi connectivity index (χ4n) is 1.90. The van der Waals surface area contributed by atoms with Crippen molar-refractivity contribution in [1.29, 1.82) is 5.41 Å². The molecular formula is C14H23N5. The maximum absolute atomic E-state index is 7.16. The van der Waals surface area contributed by atoms with Crippen molar-refractivity contribution in [2.45, 2.75) is 26.2 Å². The molecule has 0 bridgehead atoms. The summed E-state index contributed by atoms with van der Waals surface area (Å²) in [4.78, 5) is 6.36. The first-order valence-electron chi connectivity index (χ1n) is 6.57. The van der Waals surface area contributed by atoms with Crippen LogP contribution in [0.1, 0.15) is 26.2 Å². The van der Waals surface area contributed by atoms with Gasteiger partial charge in [0, 0.05) is 31.1 Å². The number of hydrogen-bond acceptors (Lipinski definition) is 3. The van der Waals surface area contributed by atoms with Gasteiger partial charge in [-0.05, 0) is 32.3 Å². The predicted molar refractivity (Wildman–Crippen MR) is 81.0 cm³/mol. The lowest BCUT2D eigenvalue weighted by Gasteiger charge is -2.28. The maximum atomic E-state index is 7.16. The number of amidine groups is 1. The Morgan fingerprint density at radius 1 is 1.32 bits per heavy atom. The van der Waals surface area contributed by atoms with Crippen molar-refractivity contribution >= 4 is 12.2 Å². The molecule has 0 aromatic heterocycles. The summed E-state index contributed by atoms with van der Waals surface area (Å²) in [5, 5.41) is 7.16. The number of piperidine rings is 1. The molecule has 1 fully saturated rings. The minimum atomic E-state index is 0.842. The van der Waals surface area contributed by atoms with E-state index < -0.39 is 0 Å². The van der Waals surface area contributed by atoms with Gasteiger partial charge in [0.1, 0.15) is 12.2 Å². The molecule has 1 heterocycles. The molecule has 1 aliphatic heterocycles. The molecule has 1 rings (SSSR count). The Hall–Kier alpha value is -2.04. The molecule has 0 unspecified atom stereocenters. The molecule has 0 spiro atoms. The molecule has 1 saturated heterocycles. The van der Waals surface area contributed by atoms with Crippen LogP contribution in [0.25, 0.3) is 0 Å². The summed E-state index contributed by atoms with van der Waals surface area (Å²) >= 11 is 0. The smallest absolute Gasteiger partial charge is 0.132 e. The van der Waals surface area contributed by atoms with E-state index in [1.54, 1.807) is 18.4 Å². The number of aliphatic imine (C=N–C) groups is 1. The van der Waals surface area contributed by atoms with Crippen molar-refractivity contribution in [1.82, 2.24) is 15.8 Å². The Morgan fingerprint density at radius 2 is 2.05 bits per heavy atom. The van der Waals surface area contributed by atoms with E-state index in [9.17, 15) is 0 Å². The van der Waals surface area contributed by atoms with Crippen molar-refractivity contribution in [3.8, 4) is 0 Å². The lowest BCUT2D eigenvalue weighted by molar-refractivity contribution is 0.344. The summed E-state index contributed by atoms with van der Waals surface area (Å²) in [6, 6.07) is 0. The van der Waals surface area contributed by atoms with Crippen LogP contribution in [0.5, 0.6) is 0 Å². The quantitative estimate of drug-likeness (QED) is 0.297. The normalized spacial score (nSPS) is 17.4. The molecule has 0 atom stereocenters. The van der Waals surface area contributed by atoms with E-state index in [1.807, 2.05) is 13.0 Å². The van der Waals surface area contributed by atoms with Crippen molar-refractivity contribution in [3.63, 3.8) is 0 Å². The van der Waals surface area contributed by atoms with Gasteiger partial charge in [-0.15, -0.1) is 0 Å². The van der Waals surface area contributed by atoms with Crippen LogP contribution in [0.4, 0.5) is 0 Å². The van der Waals surface area contributed by atoms with E-state index in [2.05, 4.69) is 27.3 Å². The third-order valence-electron chi connectivity index (χ3n) is 2.81. The van der Waals surface area contributed by atoms with Crippen LogP contribution in [0.15, 0.2) is 41.7 Å². The zero-order valence-electron chi connectivity index (χ0n) is 11.5. The van der Waals surface area contributed by atoms with Crippen LogP contribution in [-0.4, -0.2) is 30.2 Å². The average Bonchev–Trinajstić information content (AvgIpc) is 2.44. The molecule has 5 heteroatoms. The zero-order valence-corrected chi connectivity index (χ0v) is 11.5. The fraction of sp³-hybridized carbons (Fsp3) is 0.429. The highest BCUT2D eigenvalue weighted by Crippen LogP contribution is 2.10. The monoisotopic (exact) mass is 261 g/mol. The van der Waals surface area contributed by atoms with E-state index in [-0.39, 0.29) is 0 Å². The van der Waals surface area contributed by atoms with Gasteiger partial charge >= 0.3 is 0 Å². The fourth-order valence-corrected chi connectivity index (χ4v) is 1.90. The number of rotatable bonds is 6. The zero-order chi connectivity index (χ0) is 13.9. The van der Waals surface area contributed by atoms with Gasteiger partial charge in [-0.3, -0.25) is 5.41 Å². The summed E-state index contributed by atoms with van der Waals surface area (Å²) in [6.07, 6.45) is 12.0. The standard InChI is InChI=1S/C14H23N5/c1-3-4-8-17-18-13(2)11-14(16-12-15)19-9-6-5-7-10-19/h3-4,8,11-12,15,17-18H,1,5-7,9-10H2,2H3/b8-4-,13-11?,15-12?,16-14?. The highest BCUT2D eigenvalue weighted by Gasteiger charge is 2.12. The molecular weight excluding hydrogens is 238 g/mol. The molecule has 0 amide bonds. The van der Waals surface area contributed by atoms with Crippen molar-refractivity contribution < 1.29 is 0 Å². The van der Waals surface area contributed by atoms with Gasteiger partial charge in [0.25, 0.3) is 0 Å². The van der Waals surface area contributed by atoms with Gasteiger partial charge in [-0.25, -0.2) is 4.99 Å². The molecule has 0 aromatic carbocycles. The highest BCUT2D eigenvalue weighted by atomic mass is 15.3. The number of hydrazine groups is 1. The predicted octanol–water partition coefficient (Wildman–Crippen LogP) is 2.18. The Labute approximate surface area is 115 Å². The van der Waals surface area contributed by atoms with Gasteiger partial charge in [0.15, 0.2) is 0 Å². The summed E-state index contributed by atoms with van der Waals surface area (Å²) < 4.78 is 0. The second-order valence-corrected chi connectivity index (χ2v) is 4.36. The third kappa shape index (κ3) is 5.90. The molecule has 5 nitrogen and oxygen atoms in total. The van der Waals surface area contributed by atoms with Gasteiger partial charge in [-0.1, -0.05) is 12.7 Å². The Bertz CT molecular complexity index is 375. The largest absolute Gasteiger partial charge is 0.357 e. The maximum Gasteiger partial charge on any atom is 0.132 e. The highest BCUT2D eigenvalue weighted by molar-refractivity contribution is 5.97. The Balaban J connectivity index is 2.60. The summed E-state index contributed by atoms with van der Waals surface area (Å²) in [5.74, 6) is 0.842. The number of nitrogens with one attached hydrogen (secondary N) is 3. The Kier molecular flexibility index (Phi) is 7.09. The molecule has 3 N–H and O–H groups in total. The second kappa shape index (κ2) is 8.97. The molecule has 0 radical (unpaired) electrons. The summed E-state index contributed by atoms with van der Waals surface area (Å²) in [7, 11) is 0. The molecule has 0 aromatic rings. The third-order valence-corrected chi connectivity index (χ3v) is 2.81. The van der Waals surface area contributed by atoms with Gasteiger partial charge < -0.3 is 15.8 Å². The first-order chi connectivity index (χ1) is 9.27. The van der Waals surface area contributed by atoms with E-state index in [0.29, 0.717) is 0 Å². The SMILES string of the molecule is C=C/C=C\NNC(C)=CC(=NC=N)N1CCCCC1. The van der Waals surface area contributed by atoms with Crippen LogP contribution in [-0.2, 0) is 0 Å². The average molecular weight is 261 g/mol. The number of allylic oxidation sites excluding steroid dienone is 3. The van der Waals surface area contributed by atoms with E-state index >= 15 is 0 Å². The van der Waals surface area contributed by atoms with Gasteiger partial charge in [0.05, 0.1) is 0 Å². The summed E-state index contributed by atoms with van der Waals surface area (Å²) in [5.41, 5.74) is 6.92. The number of likely N-dealkylation sites (tertiary alicyclic amines) is 1. The minimum absolute atomic E-state index is 0.842. The van der Waals surface area contributed by atoms with Crippen molar-refractivity contribution in [3.05, 3.63) is 36.7 Å². The molecule has 0 aliphatic carbocycles. The molecule has 1 aliphatic rings.